The van der Waals surface area contributed by atoms with E-state index in [2.05, 4.69) is 47.2 Å². The quantitative estimate of drug-likeness (QED) is 0.837. The summed E-state index contributed by atoms with van der Waals surface area (Å²) >= 11 is 0. The van der Waals surface area contributed by atoms with Gasteiger partial charge in [0, 0.05) is 17.7 Å². The molecule has 26 heavy (non-hydrogen) atoms. The number of carbonyl (C=O) groups excluding carboxylic acids is 2. The summed E-state index contributed by atoms with van der Waals surface area (Å²) in [6, 6.07) is 6.27. The van der Waals surface area contributed by atoms with Gasteiger partial charge in [-0.1, -0.05) is 6.07 Å². The van der Waals surface area contributed by atoms with E-state index in [0.717, 1.165) is 36.2 Å². The van der Waals surface area contributed by atoms with Gasteiger partial charge < -0.3 is 10.1 Å². The molecule has 1 aromatic heterocycles. The van der Waals surface area contributed by atoms with Crippen LogP contribution in [0, 0.1) is 13.8 Å². The van der Waals surface area contributed by atoms with Gasteiger partial charge in [-0.05, 0) is 56.4 Å². The first-order valence-corrected chi connectivity index (χ1v) is 9.00. The Morgan fingerprint density at radius 2 is 2.08 bits per heavy atom. The van der Waals surface area contributed by atoms with Crippen LogP contribution in [0.4, 0.5) is 0 Å². The molecule has 0 saturated heterocycles. The lowest BCUT2D eigenvalue weighted by Crippen LogP contribution is -2.31. The highest BCUT2D eigenvalue weighted by Gasteiger charge is 2.26. The van der Waals surface area contributed by atoms with Gasteiger partial charge in [0.2, 0.25) is 5.91 Å². The molecule has 0 saturated carbocycles. The third-order valence-corrected chi connectivity index (χ3v) is 5.04. The first-order valence-electron chi connectivity index (χ1n) is 9.00. The van der Waals surface area contributed by atoms with E-state index in [0.29, 0.717) is 0 Å². The Morgan fingerprint density at radius 1 is 1.27 bits per heavy atom. The number of fused-ring (bicyclic) bond motifs is 1. The summed E-state index contributed by atoms with van der Waals surface area (Å²) in [6.45, 7) is 4.19. The zero-order valence-corrected chi connectivity index (χ0v) is 15.5. The maximum absolute atomic E-state index is 12.2. The van der Waals surface area contributed by atoms with Crippen LogP contribution in [0.1, 0.15) is 54.1 Å². The lowest BCUT2D eigenvalue weighted by atomic mass is 9.92. The minimum Gasteiger partial charge on any atom is -0.469 e. The highest BCUT2D eigenvalue weighted by molar-refractivity contribution is 5.81. The van der Waals surface area contributed by atoms with Gasteiger partial charge in [0.15, 0.2) is 0 Å². The number of ether oxygens (including phenoxy) is 1. The third-order valence-electron chi connectivity index (χ3n) is 5.04. The summed E-state index contributed by atoms with van der Waals surface area (Å²) in [6.07, 6.45) is 4.92. The Kier molecular flexibility index (Phi) is 5.40. The highest BCUT2D eigenvalue weighted by atomic mass is 16.5. The Hall–Kier alpha value is -2.63. The molecule has 0 spiro atoms. The molecule has 6 heteroatoms. The number of methoxy groups -OCH3 is 1. The lowest BCUT2D eigenvalue weighted by Gasteiger charge is -2.24. The van der Waals surface area contributed by atoms with Crippen LogP contribution in [0.15, 0.2) is 24.4 Å². The van der Waals surface area contributed by atoms with Crippen molar-refractivity contribution in [1.82, 2.24) is 15.1 Å². The highest BCUT2D eigenvalue weighted by Crippen LogP contribution is 2.31. The number of benzene rings is 1. The molecule has 1 amide bonds. The van der Waals surface area contributed by atoms with E-state index < -0.39 is 0 Å². The van der Waals surface area contributed by atoms with E-state index in [4.69, 9.17) is 0 Å². The molecule has 1 atom stereocenters. The normalized spacial score (nSPS) is 16.0. The first-order chi connectivity index (χ1) is 12.5. The maximum Gasteiger partial charge on any atom is 0.306 e. The van der Waals surface area contributed by atoms with Gasteiger partial charge in [-0.25, -0.2) is 4.68 Å². The zero-order chi connectivity index (χ0) is 18.7. The molecular formula is C20H25N3O3. The summed E-state index contributed by atoms with van der Waals surface area (Å²) in [7, 11) is 1.33. The first kappa shape index (κ1) is 18.2. The van der Waals surface area contributed by atoms with Crippen LogP contribution in [0.5, 0.6) is 0 Å². The molecule has 138 valence electrons. The monoisotopic (exact) mass is 355 g/mol. The summed E-state index contributed by atoms with van der Waals surface area (Å²) in [5, 5.41) is 7.61. The molecule has 3 rings (SSSR count). The largest absolute Gasteiger partial charge is 0.469 e. The van der Waals surface area contributed by atoms with Crippen LogP contribution in [0.25, 0.3) is 5.69 Å². The molecule has 6 nitrogen and oxygen atoms in total. The van der Waals surface area contributed by atoms with Gasteiger partial charge >= 0.3 is 5.97 Å². The molecule has 0 radical (unpaired) electrons. The fourth-order valence-corrected chi connectivity index (χ4v) is 3.37. The molecule has 0 unspecified atom stereocenters. The molecule has 1 heterocycles. The molecule has 0 fully saturated rings. The molecule has 0 bridgehead atoms. The van der Waals surface area contributed by atoms with E-state index in [1.807, 2.05) is 10.9 Å². The number of nitrogens with one attached hydrogen (secondary N) is 1. The predicted octanol–water partition coefficient (Wildman–Crippen LogP) is 2.94. The van der Waals surface area contributed by atoms with Crippen molar-refractivity contribution in [2.24, 2.45) is 0 Å². The summed E-state index contributed by atoms with van der Waals surface area (Å²) < 4.78 is 6.57. The molecule has 2 aromatic rings. The van der Waals surface area contributed by atoms with Gasteiger partial charge in [-0.15, -0.1) is 0 Å². The molecule has 1 N–H and O–H groups in total. The standard InChI is InChI=1S/C20H25N3O3/c1-13-7-8-15(11-14(13)2)23-18-6-4-5-17(16(18)12-21-23)22-19(24)9-10-20(25)26-3/h7-8,11-12,17H,4-6,9-10H2,1-3H3,(H,22,24)/t17-/m0/s1. The fourth-order valence-electron chi connectivity index (χ4n) is 3.37. The number of rotatable bonds is 5. The lowest BCUT2D eigenvalue weighted by molar-refractivity contribution is -0.142. The Bertz CT molecular complexity index is 826. The van der Waals surface area contributed by atoms with Crippen molar-refractivity contribution in [3.63, 3.8) is 0 Å². The Labute approximate surface area is 153 Å². The second-order valence-corrected chi connectivity index (χ2v) is 6.82. The number of hydrogen-bond acceptors (Lipinski definition) is 4. The van der Waals surface area contributed by atoms with Crippen molar-refractivity contribution in [1.29, 1.82) is 0 Å². The van der Waals surface area contributed by atoms with Gasteiger partial charge in [-0.3, -0.25) is 9.59 Å². The van der Waals surface area contributed by atoms with Gasteiger partial charge in [0.25, 0.3) is 0 Å². The van der Waals surface area contributed by atoms with E-state index >= 15 is 0 Å². The number of amides is 1. The van der Waals surface area contributed by atoms with Crippen molar-refractivity contribution in [3.8, 4) is 5.69 Å². The number of aryl methyl sites for hydroxylation is 2. The molecule has 1 aliphatic carbocycles. The van der Waals surface area contributed by atoms with Gasteiger partial charge in [0.1, 0.15) is 0 Å². The van der Waals surface area contributed by atoms with Crippen LogP contribution < -0.4 is 5.32 Å². The van der Waals surface area contributed by atoms with Crippen molar-refractivity contribution >= 4 is 11.9 Å². The van der Waals surface area contributed by atoms with E-state index in [-0.39, 0.29) is 30.8 Å². The maximum atomic E-state index is 12.2. The topological polar surface area (TPSA) is 73.2 Å². The van der Waals surface area contributed by atoms with Crippen molar-refractivity contribution in [2.75, 3.05) is 7.11 Å². The molecular weight excluding hydrogens is 330 g/mol. The van der Waals surface area contributed by atoms with Crippen LogP contribution in [0.3, 0.4) is 0 Å². The van der Waals surface area contributed by atoms with Gasteiger partial charge in [-0.2, -0.15) is 5.10 Å². The minimum absolute atomic E-state index is 0.0517. The van der Waals surface area contributed by atoms with Crippen molar-refractivity contribution in [2.45, 2.75) is 52.0 Å². The fraction of sp³-hybridized carbons (Fsp3) is 0.450. The second-order valence-electron chi connectivity index (χ2n) is 6.82. The van der Waals surface area contributed by atoms with Crippen LogP contribution in [-0.2, 0) is 20.7 Å². The number of esters is 1. The van der Waals surface area contributed by atoms with E-state index in [9.17, 15) is 9.59 Å². The van der Waals surface area contributed by atoms with E-state index in [1.54, 1.807) is 0 Å². The van der Waals surface area contributed by atoms with Crippen LogP contribution in [-0.4, -0.2) is 28.8 Å². The number of nitrogens with zero attached hydrogens (tertiary/aromatic N) is 2. The molecule has 1 aromatic carbocycles. The van der Waals surface area contributed by atoms with E-state index in [1.165, 1.54) is 18.2 Å². The summed E-state index contributed by atoms with van der Waals surface area (Å²) in [4.78, 5) is 23.4. The Balaban J connectivity index is 1.77. The third kappa shape index (κ3) is 3.79. The predicted molar refractivity (Wildman–Crippen MR) is 98.1 cm³/mol. The van der Waals surface area contributed by atoms with Crippen molar-refractivity contribution < 1.29 is 14.3 Å². The average molecular weight is 355 g/mol. The number of hydrogen-bond donors (Lipinski definition) is 1. The summed E-state index contributed by atoms with van der Waals surface area (Å²) in [5.41, 5.74) is 5.76. The number of aromatic nitrogens is 2. The van der Waals surface area contributed by atoms with Gasteiger partial charge in [0.05, 0.1) is 31.5 Å². The van der Waals surface area contributed by atoms with Crippen LogP contribution in [0.2, 0.25) is 0 Å². The van der Waals surface area contributed by atoms with Crippen molar-refractivity contribution in [3.05, 3.63) is 46.8 Å². The second kappa shape index (κ2) is 7.72. The average Bonchev–Trinajstić information content (AvgIpc) is 3.07. The SMILES string of the molecule is COC(=O)CCC(=O)N[C@H]1CCCc2c1cnn2-c1ccc(C)c(C)c1. The Morgan fingerprint density at radius 3 is 2.81 bits per heavy atom. The molecule has 0 aliphatic heterocycles. The smallest absolute Gasteiger partial charge is 0.306 e. The minimum atomic E-state index is -0.368. The zero-order valence-electron chi connectivity index (χ0n) is 15.5. The molecule has 1 aliphatic rings. The summed E-state index contributed by atoms with van der Waals surface area (Å²) in [5.74, 6) is -0.501. The number of carbonyl (C=O) groups is 2. The van der Waals surface area contributed by atoms with Crippen LogP contribution >= 0.6 is 0 Å².